The van der Waals surface area contributed by atoms with Gasteiger partial charge in [-0.1, -0.05) is 31.2 Å². The second kappa shape index (κ2) is 11.2. The van der Waals surface area contributed by atoms with Crippen molar-refractivity contribution in [1.82, 2.24) is 5.32 Å². The highest BCUT2D eigenvalue weighted by Crippen LogP contribution is 2.22. The van der Waals surface area contributed by atoms with Gasteiger partial charge in [0.2, 0.25) is 15.9 Å². The standard InChI is InChI=1S/C24H34N2O4S/c1-6-20-12-14-22(15-13-20)26(31(5,28)29)19(4)24(27)25-16-8-10-21-9-7-11-23(17-21)30-18(2)3/h7,9,11-15,17-19H,6,8,10,16H2,1-5H3,(H,25,27). The van der Waals surface area contributed by atoms with Crippen LogP contribution in [0.25, 0.3) is 0 Å². The molecule has 7 heteroatoms. The number of ether oxygens (including phenoxy) is 1. The Morgan fingerprint density at radius 1 is 1.06 bits per heavy atom. The molecular formula is C24H34N2O4S. The van der Waals surface area contributed by atoms with Gasteiger partial charge in [0.25, 0.3) is 0 Å². The molecule has 170 valence electrons. The molecular weight excluding hydrogens is 412 g/mol. The van der Waals surface area contributed by atoms with E-state index in [-0.39, 0.29) is 12.0 Å². The molecule has 0 fully saturated rings. The van der Waals surface area contributed by atoms with Crippen LogP contribution in [0.15, 0.2) is 48.5 Å². The molecule has 2 aromatic rings. The number of hydrogen-bond acceptors (Lipinski definition) is 4. The average Bonchev–Trinajstić information content (AvgIpc) is 2.70. The van der Waals surface area contributed by atoms with Gasteiger partial charge in [0.05, 0.1) is 18.0 Å². The van der Waals surface area contributed by atoms with Gasteiger partial charge in [0.1, 0.15) is 11.8 Å². The highest BCUT2D eigenvalue weighted by Gasteiger charge is 2.28. The molecule has 2 rings (SSSR count). The number of amides is 1. The third kappa shape index (κ3) is 7.58. The van der Waals surface area contributed by atoms with Crippen molar-refractivity contribution in [3.63, 3.8) is 0 Å². The van der Waals surface area contributed by atoms with E-state index in [1.807, 2.05) is 57.2 Å². The molecule has 1 N–H and O–H groups in total. The fraction of sp³-hybridized carbons (Fsp3) is 0.458. The number of aryl methyl sites for hydroxylation is 2. The van der Waals surface area contributed by atoms with E-state index >= 15 is 0 Å². The molecule has 1 atom stereocenters. The Morgan fingerprint density at radius 3 is 2.32 bits per heavy atom. The summed E-state index contributed by atoms with van der Waals surface area (Å²) in [6, 6.07) is 14.3. The predicted molar refractivity (Wildman–Crippen MR) is 126 cm³/mol. The van der Waals surface area contributed by atoms with Crippen LogP contribution in [0.4, 0.5) is 5.69 Å². The number of carbonyl (C=O) groups excluding carboxylic acids is 1. The molecule has 0 aliphatic carbocycles. The Morgan fingerprint density at radius 2 is 1.74 bits per heavy atom. The lowest BCUT2D eigenvalue weighted by Crippen LogP contribution is -2.48. The van der Waals surface area contributed by atoms with E-state index in [1.165, 1.54) is 4.31 Å². The number of sulfonamides is 1. The molecule has 6 nitrogen and oxygen atoms in total. The predicted octanol–water partition coefficient (Wildman–Crippen LogP) is 3.94. The summed E-state index contributed by atoms with van der Waals surface area (Å²) in [5, 5.41) is 2.87. The molecule has 31 heavy (non-hydrogen) atoms. The summed E-state index contributed by atoms with van der Waals surface area (Å²) in [6.45, 7) is 8.08. The van der Waals surface area contributed by atoms with Gasteiger partial charge in [-0.05, 0) is 75.4 Å². The van der Waals surface area contributed by atoms with Crippen LogP contribution in [0, 0.1) is 0 Å². The highest BCUT2D eigenvalue weighted by molar-refractivity contribution is 7.92. The normalized spacial score (nSPS) is 12.5. The van der Waals surface area contributed by atoms with Crippen LogP contribution in [-0.4, -0.2) is 39.3 Å². The molecule has 1 amide bonds. The van der Waals surface area contributed by atoms with Crippen LogP contribution in [0.1, 0.15) is 45.2 Å². The van der Waals surface area contributed by atoms with Crippen molar-refractivity contribution in [2.75, 3.05) is 17.1 Å². The van der Waals surface area contributed by atoms with Crippen LogP contribution >= 0.6 is 0 Å². The van der Waals surface area contributed by atoms with Gasteiger partial charge in [0.15, 0.2) is 0 Å². The number of benzene rings is 2. The number of carbonyl (C=O) groups is 1. The summed E-state index contributed by atoms with van der Waals surface area (Å²) in [5.41, 5.74) is 2.73. The Bertz CT molecular complexity index is 956. The fourth-order valence-corrected chi connectivity index (χ4v) is 4.56. The van der Waals surface area contributed by atoms with E-state index < -0.39 is 16.1 Å². The van der Waals surface area contributed by atoms with E-state index in [4.69, 9.17) is 4.74 Å². The van der Waals surface area contributed by atoms with Crippen molar-refractivity contribution >= 4 is 21.6 Å². The van der Waals surface area contributed by atoms with Crippen molar-refractivity contribution in [2.24, 2.45) is 0 Å². The van der Waals surface area contributed by atoms with E-state index in [0.717, 1.165) is 42.4 Å². The average molecular weight is 447 g/mol. The monoisotopic (exact) mass is 446 g/mol. The Hall–Kier alpha value is -2.54. The smallest absolute Gasteiger partial charge is 0.243 e. The first-order valence-corrected chi connectivity index (χ1v) is 12.6. The topological polar surface area (TPSA) is 75.7 Å². The number of rotatable bonds is 11. The van der Waals surface area contributed by atoms with E-state index in [2.05, 4.69) is 5.32 Å². The molecule has 0 heterocycles. The van der Waals surface area contributed by atoms with Gasteiger partial charge in [-0.2, -0.15) is 0 Å². The largest absolute Gasteiger partial charge is 0.491 e. The molecule has 0 aromatic heterocycles. The van der Waals surface area contributed by atoms with Gasteiger partial charge in [-0.3, -0.25) is 9.10 Å². The lowest BCUT2D eigenvalue weighted by Gasteiger charge is -2.28. The fourth-order valence-electron chi connectivity index (χ4n) is 3.39. The SMILES string of the molecule is CCc1ccc(N(C(C)C(=O)NCCCc2cccc(OC(C)C)c2)S(C)(=O)=O)cc1. The van der Waals surface area contributed by atoms with Gasteiger partial charge in [0, 0.05) is 6.54 Å². The van der Waals surface area contributed by atoms with Crippen LogP contribution < -0.4 is 14.4 Å². The van der Waals surface area contributed by atoms with Gasteiger partial charge >= 0.3 is 0 Å². The van der Waals surface area contributed by atoms with Gasteiger partial charge < -0.3 is 10.1 Å². The molecule has 0 bridgehead atoms. The molecule has 0 aliphatic rings. The maximum Gasteiger partial charge on any atom is 0.243 e. The lowest BCUT2D eigenvalue weighted by atomic mass is 10.1. The Kier molecular flexibility index (Phi) is 8.92. The first kappa shape index (κ1) is 24.7. The number of nitrogens with one attached hydrogen (secondary N) is 1. The number of anilines is 1. The molecule has 2 aromatic carbocycles. The van der Waals surface area contributed by atoms with Crippen molar-refractivity contribution in [3.05, 3.63) is 59.7 Å². The zero-order chi connectivity index (χ0) is 23.0. The first-order chi connectivity index (χ1) is 14.6. The molecule has 0 spiro atoms. The summed E-state index contributed by atoms with van der Waals surface area (Å²) in [4.78, 5) is 12.7. The maximum atomic E-state index is 12.7. The molecule has 1 unspecified atom stereocenters. The van der Waals surface area contributed by atoms with Crippen LogP contribution in [0.3, 0.4) is 0 Å². The Labute approximate surface area is 186 Å². The summed E-state index contributed by atoms with van der Waals surface area (Å²) in [6.07, 6.45) is 3.64. The molecule has 0 aliphatic heterocycles. The number of hydrogen-bond donors (Lipinski definition) is 1. The van der Waals surface area contributed by atoms with E-state index in [0.29, 0.717) is 12.2 Å². The van der Waals surface area contributed by atoms with E-state index in [1.54, 1.807) is 19.1 Å². The summed E-state index contributed by atoms with van der Waals surface area (Å²) >= 11 is 0. The van der Waals surface area contributed by atoms with Crippen LogP contribution in [0.5, 0.6) is 5.75 Å². The minimum absolute atomic E-state index is 0.118. The van der Waals surface area contributed by atoms with Crippen molar-refractivity contribution in [3.8, 4) is 5.75 Å². The van der Waals surface area contributed by atoms with Gasteiger partial charge in [-0.15, -0.1) is 0 Å². The summed E-state index contributed by atoms with van der Waals surface area (Å²) < 4.78 is 31.7. The zero-order valence-corrected chi connectivity index (χ0v) is 19.9. The van der Waals surface area contributed by atoms with Crippen molar-refractivity contribution < 1.29 is 17.9 Å². The third-order valence-corrected chi connectivity index (χ3v) is 6.14. The first-order valence-electron chi connectivity index (χ1n) is 10.7. The second-order valence-corrected chi connectivity index (χ2v) is 9.82. The molecule has 0 saturated heterocycles. The molecule has 0 radical (unpaired) electrons. The third-order valence-electron chi connectivity index (χ3n) is 4.90. The number of nitrogens with zero attached hydrogens (tertiary/aromatic N) is 1. The molecule has 0 saturated carbocycles. The van der Waals surface area contributed by atoms with E-state index in [9.17, 15) is 13.2 Å². The minimum Gasteiger partial charge on any atom is -0.491 e. The van der Waals surface area contributed by atoms with Gasteiger partial charge in [-0.25, -0.2) is 8.42 Å². The van der Waals surface area contributed by atoms with Crippen LogP contribution in [-0.2, 0) is 27.7 Å². The zero-order valence-electron chi connectivity index (χ0n) is 19.1. The summed E-state index contributed by atoms with van der Waals surface area (Å²) in [5.74, 6) is 0.518. The Balaban J connectivity index is 1.95. The summed E-state index contributed by atoms with van der Waals surface area (Å²) in [7, 11) is -3.61. The highest BCUT2D eigenvalue weighted by atomic mass is 32.2. The second-order valence-electron chi connectivity index (χ2n) is 7.96. The quantitative estimate of drug-likeness (QED) is 0.531. The van der Waals surface area contributed by atoms with Crippen molar-refractivity contribution in [2.45, 2.75) is 59.1 Å². The maximum absolute atomic E-state index is 12.7. The van der Waals surface area contributed by atoms with Crippen LogP contribution in [0.2, 0.25) is 0 Å². The van der Waals surface area contributed by atoms with Crippen molar-refractivity contribution in [1.29, 1.82) is 0 Å². The minimum atomic E-state index is -3.61. The lowest BCUT2D eigenvalue weighted by molar-refractivity contribution is -0.121.